The number of furan rings is 1. The molecule has 0 saturated carbocycles. The van der Waals surface area contributed by atoms with Gasteiger partial charge in [0.25, 0.3) is 0 Å². The average molecular weight is 583 g/mol. The van der Waals surface area contributed by atoms with Crippen molar-refractivity contribution in [1.82, 2.24) is 9.55 Å². The second-order valence-corrected chi connectivity index (χ2v) is 11.8. The lowest BCUT2D eigenvalue weighted by Crippen LogP contribution is -2.25. The van der Waals surface area contributed by atoms with Gasteiger partial charge < -0.3 is 18.3 Å². The Hall–Kier alpha value is -4.76. The standard InChI is InChI=1S/C38H38N4O2/c1-4-7-20-41(21-8-5-2)27-18-19-29-31(23-27)43-36-33(29)32-28-12-10-11-13-30(28)42(22-9-6-3)35(32)37-34(36)40-38(44-37)26-16-14-25(24-39)15-17-26/h10-19,23H,4-9,20-22H2,1-3H3. The van der Waals surface area contributed by atoms with Gasteiger partial charge in [-0.25, -0.2) is 4.98 Å². The Morgan fingerprint density at radius 2 is 1.55 bits per heavy atom. The van der Waals surface area contributed by atoms with Crippen LogP contribution in [-0.4, -0.2) is 22.6 Å². The van der Waals surface area contributed by atoms with E-state index in [2.05, 4.69) is 78.8 Å². The number of anilines is 1. The molecule has 0 radical (unpaired) electrons. The summed E-state index contributed by atoms with van der Waals surface area (Å²) in [6.07, 6.45) is 6.82. The third kappa shape index (κ3) is 4.59. The van der Waals surface area contributed by atoms with Gasteiger partial charge in [0.15, 0.2) is 16.7 Å². The lowest BCUT2D eigenvalue weighted by Gasteiger charge is -2.24. The third-order valence-corrected chi connectivity index (χ3v) is 8.88. The SMILES string of the molecule is CCCCN(CCCC)c1ccc2c(c1)oc1c3nc(-c4ccc(C#N)cc4)oc3c3c(c4ccccc4n3CCCC)c21. The highest BCUT2D eigenvalue weighted by atomic mass is 16.4. The summed E-state index contributed by atoms with van der Waals surface area (Å²) in [7, 11) is 0. The molecule has 0 aliphatic carbocycles. The molecular weight excluding hydrogens is 544 g/mol. The van der Waals surface area contributed by atoms with E-state index < -0.39 is 0 Å². The molecule has 0 aliphatic rings. The largest absolute Gasteiger partial charge is 0.454 e. The molecule has 6 nitrogen and oxygen atoms in total. The lowest BCUT2D eigenvalue weighted by atomic mass is 10.0. The Kier molecular flexibility index (Phi) is 7.47. The predicted octanol–water partition coefficient (Wildman–Crippen LogP) is 10.6. The maximum absolute atomic E-state index is 9.32. The van der Waals surface area contributed by atoms with E-state index in [0.717, 1.165) is 94.8 Å². The van der Waals surface area contributed by atoms with Crippen molar-refractivity contribution in [2.24, 2.45) is 0 Å². The highest BCUT2D eigenvalue weighted by molar-refractivity contribution is 6.34. The Bertz CT molecular complexity index is 2150. The summed E-state index contributed by atoms with van der Waals surface area (Å²) in [4.78, 5) is 7.58. The van der Waals surface area contributed by atoms with Gasteiger partial charge in [-0.05, 0) is 61.7 Å². The summed E-state index contributed by atoms with van der Waals surface area (Å²) >= 11 is 0. The second kappa shape index (κ2) is 11.7. The van der Waals surface area contributed by atoms with E-state index in [4.69, 9.17) is 13.8 Å². The zero-order valence-corrected chi connectivity index (χ0v) is 25.8. The van der Waals surface area contributed by atoms with Crippen LogP contribution in [0, 0.1) is 11.3 Å². The van der Waals surface area contributed by atoms with Crippen LogP contribution in [0.5, 0.6) is 0 Å². The van der Waals surface area contributed by atoms with Gasteiger partial charge in [-0.15, -0.1) is 0 Å². The fourth-order valence-electron chi connectivity index (χ4n) is 6.55. The topological polar surface area (TPSA) is 71.1 Å². The summed E-state index contributed by atoms with van der Waals surface area (Å²) in [6.45, 7) is 9.69. The number of fused-ring (bicyclic) bond motifs is 10. The maximum Gasteiger partial charge on any atom is 0.227 e. The Morgan fingerprint density at radius 1 is 0.795 bits per heavy atom. The predicted molar refractivity (Wildman–Crippen MR) is 181 cm³/mol. The van der Waals surface area contributed by atoms with Crippen LogP contribution in [0.3, 0.4) is 0 Å². The molecule has 0 fully saturated rings. The third-order valence-electron chi connectivity index (χ3n) is 8.88. The Morgan fingerprint density at radius 3 is 2.27 bits per heavy atom. The second-order valence-electron chi connectivity index (χ2n) is 11.8. The lowest BCUT2D eigenvalue weighted by molar-refractivity contribution is 0.615. The summed E-state index contributed by atoms with van der Waals surface area (Å²) in [5.74, 6) is 0.525. The van der Waals surface area contributed by atoms with E-state index in [-0.39, 0.29) is 0 Å². The number of aromatic nitrogens is 2. The van der Waals surface area contributed by atoms with Crippen LogP contribution in [0.1, 0.15) is 64.9 Å². The molecular formula is C38H38N4O2. The van der Waals surface area contributed by atoms with Crippen molar-refractivity contribution < 1.29 is 8.83 Å². The number of nitrogens with zero attached hydrogens (tertiary/aromatic N) is 4. The maximum atomic E-state index is 9.32. The van der Waals surface area contributed by atoms with E-state index in [1.165, 1.54) is 29.4 Å². The van der Waals surface area contributed by atoms with Crippen molar-refractivity contribution in [3.63, 3.8) is 0 Å². The molecule has 44 heavy (non-hydrogen) atoms. The molecule has 7 aromatic rings. The minimum atomic E-state index is 0.525. The highest BCUT2D eigenvalue weighted by Crippen LogP contribution is 2.46. The Balaban J connectivity index is 1.55. The Labute approximate surface area is 257 Å². The first kappa shape index (κ1) is 28.0. The molecule has 0 unspecified atom stereocenters. The van der Waals surface area contributed by atoms with Gasteiger partial charge in [-0.1, -0.05) is 58.2 Å². The van der Waals surface area contributed by atoms with Gasteiger partial charge in [0.05, 0.1) is 17.1 Å². The van der Waals surface area contributed by atoms with E-state index in [1.807, 2.05) is 12.1 Å². The van der Waals surface area contributed by atoms with Gasteiger partial charge in [0.1, 0.15) is 5.58 Å². The van der Waals surface area contributed by atoms with Crippen molar-refractivity contribution in [2.75, 3.05) is 18.0 Å². The molecule has 0 aliphatic heterocycles. The molecule has 4 aromatic carbocycles. The molecule has 0 bridgehead atoms. The number of hydrogen-bond donors (Lipinski definition) is 0. The molecule has 7 rings (SSSR count). The van der Waals surface area contributed by atoms with E-state index in [0.29, 0.717) is 11.5 Å². The summed E-state index contributed by atoms with van der Waals surface area (Å²) in [6, 6.07) is 25.0. The smallest absolute Gasteiger partial charge is 0.227 e. The summed E-state index contributed by atoms with van der Waals surface area (Å²) < 4.78 is 15.9. The highest BCUT2D eigenvalue weighted by Gasteiger charge is 2.26. The van der Waals surface area contributed by atoms with E-state index >= 15 is 0 Å². The fourth-order valence-corrected chi connectivity index (χ4v) is 6.55. The fraction of sp³-hybridized carbons (Fsp3) is 0.316. The van der Waals surface area contributed by atoms with Crippen LogP contribution in [-0.2, 0) is 6.54 Å². The van der Waals surface area contributed by atoms with Gasteiger partial charge in [0, 0.05) is 64.0 Å². The van der Waals surface area contributed by atoms with Crippen LogP contribution < -0.4 is 4.90 Å². The van der Waals surface area contributed by atoms with Crippen molar-refractivity contribution in [2.45, 2.75) is 65.8 Å². The molecule has 0 amide bonds. The zero-order valence-electron chi connectivity index (χ0n) is 25.8. The number of unbranched alkanes of at least 4 members (excludes halogenated alkanes) is 3. The van der Waals surface area contributed by atoms with Crippen LogP contribution in [0.2, 0.25) is 0 Å². The van der Waals surface area contributed by atoms with Crippen molar-refractivity contribution >= 4 is 60.5 Å². The first-order chi connectivity index (χ1) is 21.7. The number of para-hydroxylation sites is 1. The molecule has 0 N–H and O–H groups in total. The molecule has 0 atom stereocenters. The van der Waals surface area contributed by atoms with Gasteiger partial charge in [-0.3, -0.25) is 0 Å². The van der Waals surface area contributed by atoms with Gasteiger partial charge >= 0.3 is 0 Å². The normalized spacial score (nSPS) is 11.9. The summed E-state index contributed by atoms with van der Waals surface area (Å²) in [5.41, 5.74) is 8.01. The molecule has 3 heterocycles. The minimum absolute atomic E-state index is 0.525. The van der Waals surface area contributed by atoms with Crippen LogP contribution in [0.15, 0.2) is 75.6 Å². The van der Waals surface area contributed by atoms with E-state index in [1.54, 1.807) is 12.1 Å². The quantitative estimate of drug-likeness (QED) is 0.152. The van der Waals surface area contributed by atoms with Gasteiger partial charge in [0.2, 0.25) is 5.89 Å². The molecule has 0 saturated heterocycles. The number of benzene rings is 4. The minimum Gasteiger partial charge on any atom is -0.454 e. The number of oxazole rings is 1. The van der Waals surface area contributed by atoms with Gasteiger partial charge in [-0.2, -0.15) is 5.26 Å². The molecule has 6 heteroatoms. The van der Waals surface area contributed by atoms with Crippen molar-refractivity contribution in [3.8, 4) is 17.5 Å². The van der Waals surface area contributed by atoms with Crippen molar-refractivity contribution in [1.29, 1.82) is 5.26 Å². The number of aryl methyl sites for hydroxylation is 1. The van der Waals surface area contributed by atoms with Crippen LogP contribution in [0.25, 0.3) is 66.3 Å². The molecule has 3 aromatic heterocycles. The first-order valence-corrected chi connectivity index (χ1v) is 16.1. The van der Waals surface area contributed by atoms with Crippen LogP contribution >= 0.6 is 0 Å². The number of rotatable bonds is 11. The first-order valence-electron chi connectivity index (χ1n) is 16.1. The molecule has 0 spiro atoms. The summed E-state index contributed by atoms with van der Waals surface area (Å²) in [5, 5.41) is 13.9. The number of nitriles is 1. The average Bonchev–Trinajstić information content (AvgIpc) is 3.75. The van der Waals surface area contributed by atoms with Crippen molar-refractivity contribution in [3.05, 3.63) is 72.3 Å². The monoisotopic (exact) mass is 582 g/mol. The van der Waals surface area contributed by atoms with Crippen LogP contribution in [0.4, 0.5) is 5.69 Å². The molecule has 222 valence electrons. The number of hydrogen-bond acceptors (Lipinski definition) is 5. The zero-order chi connectivity index (χ0) is 30.2. The van der Waals surface area contributed by atoms with E-state index in [9.17, 15) is 5.26 Å².